The molecule has 2 heterocycles. The molecular formula is C13H18N2O3. The number of aryl methyl sites for hydroxylation is 1. The summed E-state index contributed by atoms with van der Waals surface area (Å²) in [6, 6.07) is 3.23. The summed E-state index contributed by atoms with van der Waals surface area (Å²) in [7, 11) is 1.62. The van der Waals surface area contributed by atoms with Gasteiger partial charge in [0.1, 0.15) is 5.56 Å². The monoisotopic (exact) mass is 250 g/mol. The number of aromatic nitrogens is 1. The van der Waals surface area contributed by atoms with Gasteiger partial charge in [-0.3, -0.25) is 9.59 Å². The molecule has 1 N–H and O–H groups in total. The first-order valence-corrected chi connectivity index (χ1v) is 5.98. The van der Waals surface area contributed by atoms with Crippen molar-refractivity contribution >= 4 is 5.91 Å². The smallest absolute Gasteiger partial charge is 0.263 e. The Morgan fingerprint density at radius 2 is 2.06 bits per heavy atom. The molecule has 1 fully saturated rings. The summed E-state index contributed by atoms with van der Waals surface area (Å²) < 4.78 is 1.39. The second kappa shape index (κ2) is 4.24. The predicted octanol–water partition coefficient (Wildman–Crippen LogP) is 0.228. The number of hydrogen-bond donors (Lipinski definition) is 1. The summed E-state index contributed by atoms with van der Waals surface area (Å²) >= 11 is 0. The topological polar surface area (TPSA) is 62.5 Å². The van der Waals surface area contributed by atoms with Crippen LogP contribution in [0.4, 0.5) is 0 Å². The number of carbonyl (C=O) groups excluding carboxylic acids is 1. The fraction of sp³-hybridized carbons (Fsp3) is 0.538. The maximum Gasteiger partial charge on any atom is 0.263 e. The van der Waals surface area contributed by atoms with E-state index in [9.17, 15) is 14.7 Å². The second-order valence-corrected chi connectivity index (χ2v) is 5.40. The largest absolute Gasteiger partial charge is 0.390 e. The number of pyridine rings is 1. The number of nitrogens with zero attached hydrogens (tertiary/aromatic N) is 2. The van der Waals surface area contributed by atoms with Crippen molar-refractivity contribution in [2.45, 2.75) is 19.4 Å². The van der Waals surface area contributed by atoms with Gasteiger partial charge in [-0.05, 0) is 26.0 Å². The van der Waals surface area contributed by atoms with Gasteiger partial charge >= 0.3 is 0 Å². The van der Waals surface area contributed by atoms with Crippen LogP contribution in [0.3, 0.4) is 0 Å². The third-order valence-electron chi connectivity index (χ3n) is 3.52. The number of hydrogen-bond acceptors (Lipinski definition) is 3. The molecule has 1 aromatic heterocycles. The number of amides is 1. The lowest BCUT2D eigenvalue weighted by Gasteiger charge is -2.45. The Bertz CT molecular complexity index is 522. The first-order chi connectivity index (χ1) is 8.30. The van der Waals surface area contributed by atoms with Crippen LogP contribution in [-0.4, -0.2) is 39.2 Å². The average molecular weight is 250 g/mol. The maximum absolute atomic E-state index is 12.1. The average Bonchev–Trinajstić information content (AvgIpc) is 2.17. The molecule has 0 radical (unpaired) electrons. The van der Waals surface area contributed by atoms with Gasteiger partial charge in [0.2, 0.25) is 0 Å². The van der Waals surface area contributed by atoms with Crippen molar-refractivity contribution in [1.82, 2.24) is 9.47 Å². The van der Waals surface area contributed by atoms with E-state index in [1.54, 1.807) is 44.1 Å². The molecule has 5 nitrogen and oxygen atoms in total. The van der Waals surface area contributed by atoms with E-state index in [1.165, 1.54) is 4.57 Å². The number of aliphatic hydroxyl groups is 1. The quantitative estimate of drug-likeness (QED) is 0.817. The molecule has 5 heteroatoms. The first-order valence-electron chi connectivity index (χ1n) is 5.98. The van der Waals surface area contributed by atoms with Crippen molar-refractivity contribution in [3.05, 3.63) is 34.2 Å². The van der Waals surface area contributed by atoms with Crippen molar-refractivity contribution in [1.29, 1.82) is 0 Å². The van der Waals surface area contributed by atoms with Crippen molar-refractivity contribution in [3.63, 3.8) is 0 Å². The summed E-state index contributed by atoms with van der Waals surface area (Å²) in [5.41, 5.74) is -0.873. The molecule has 0 bridgehead atoms. The van der Waals surface area contributed by atoms with Crippen LogP contribution in [0.2, 0.25) is 0 Å². The standard InChI is InChI=1S/C13H18N2O3/c1-13(2,18)9-7-15(8-9)12(17)10-5-4-6-14(3)11(10)16/h4-6,9,18H,7-8H2,1-3H3. The summed E-state index contributed by atoms with van der Waals surface area (Å²) in [6.07, 6.45) is 1.62. The highest BCUT2D eigenvalue weighted by atomic mass is 16.3. The minimum atomic E-state index is -0.779. The highest BCUT2D eigenvalue weighted by Crippen LogP contribution is 2.27. The van der Waals surface area contributed by atoms with E-state index in [1.807, 2.05) is 0 Å². The Balaban J connectivity index is 2.11. The van der Waals surface area contributed by atoms with Crippen molar-refractivity contribution in [2.75, 3.05) is 13.1 Å². The zero-order chi connectivity index (χ0) is 13.5. The minimum Gasteiger partial charge on any atom is -0.390 e. The van der Waals surface area contributed by atoms with E-state index >= 15 is 0 Å². The molecule has 0 saturated carbocycles. The Morgan fingerprint density at radius 1 is 1.44 bits per heavy atom. The molecule has 2 rings (SSSR count). The van der Waals surface area contributed by atoms with Gasteiger partial charge in [0.15, 0.2) is 0 Å². The van der Waals surface area contributed by atoms with E-state index in [0.717, 1.165) is 0 Å². The van der Waals surface area contributed by atoms with E-state index < -0.39 is 5.60 Å². The summed E-state index contributed by atoms with van der Waals surface area (Å²) in [6.45, 7) is 4.48. The number of carbonyl (C=O) groups is 1. The maximum atomic E-state index is 12.1. The predicted molar refractivity (Wildman–Crippen MR) is 67.4 cm³/mol. The van der Waals surface area contributed by atoms with Gasteiger partial charge in [0.05, 0.1) is 5.60 Å². The first kappa shape index (κ1) is 12.8. The van der Waals surface area contributed by atoms with Crippen LogP contribution in [-0.2, 0) is 7.05 Å². The summed E-state index contributed by atoms with van der Waals surface area (Å²) in [5.74, 6) is -0.175. The molecule has 0 aromatic carbocycles. The second-order valence-electron chi connectivity index (χ2n) is 5.40. The van der Waals surface area contributed by atoms with Crippen LogP contribution >= 0.6 is 0 Å². The van der Waals surface area contributed by atoms with E-state index in [0.29, 0.717) is 13.1 Å². The molecule has 18 heavy (non-hydrogen) atoms. The molecule has 0 unspecified atom stereocenters. The minimum absolute atomic E-state index is 0.0778. The van der Waals surface area contributed by atoms with E-state index in [4.69, 9.17) is 0 Å². The number of rotatable bonds is 2. The van der Waals surface area contributed by atoms with Gasteiger partial charge < -0.3 is 14.6 Å². The zero-order valence-electron chi connectivity index (χ0n) is 10.9. The van der Waals surface area contributed by atoms with Gasteiger partial charge in [-0.1, -0.05) is 0 Å². The van der Waals surface area contributed by atoms with Crippen LogP contribution in [0.15, 0.2) is 23.1 Å². The van der Waals surface area contributed by atoms with E-state index in [2.05, 4.69) is 0 Å². The molecule has 1 aromatic rings. The molecule has 1 aliphatic rings. The lowest BCUT2D eigenvalue weighted by Crippen LogP contribution is -2.58. The highest BCUT2D eigenvalue weighted by molar-refractivity contribution is 5.94. The summed E-state index contributed by atoms with van der Waals surface area (Å²) in [4.78, 5) is 25.5. The van der Waals surface area contributed by atoms with Crippen molar-refractivity contribution < 1.29 is 9.90 Å². The van der Waals surface area contributed by atoms with Crippen LogP contribution in [0.5, 0.6) is 0 Å². The molecule has 0 atom stereocenters. The molecule has 1 aliphatic heterocycles. The van der Waals surface area contributed by atoms with Gasteiger partial charge in [0, 0.05) is 32.3 Å². The third kappa shape index (κ3) is 2.18. The molecular weight excluding hydrogens is 232 g/mol. The molecule has 1 saturated heterocycles. The summed E-state index contributed by atoms with van der Waals surface area (Å²) in [5, 5.41) is 9.80. The van der Waals surface area contributed by atoms with Crippen LogP contribution in [0.25, 0.3) is 0 Å². The Labute approximate surface area is 106 Å². The van der Waals surface area contributed by atoms with Crippen LogP contribution in [0, 0.1) is 5.92 Å². The number of likely N-dealkylation sites (tertiary alicyclic amines) is 1. The van der Waals surface area contributed by atoms with Gasteiger partial charge in [0.25, 0.3) is 11.5 Å². The lowest BCUT2D eigenvalue weighted by molar-refractivity contribution is -0.0507. The van der Waals surface area contributed by atoms with Crippen molar-refractivity contribution in [3.8, 4) is 0 Å². The van der Waals surface area contributed by atoms with Crippen molar-refractivity contribution in [2.24, 2.45) is 13.0 Å². The third-order valence-corrected chi connectivity index (χ3v) is 3.52. The molecule has 1 amide bonds. The molecule has 98 valence electrons. The Morgan fingerprint density at radius 3 is 2.61 bits per heavy atom. The van der Waals surface area contributed by atoms with E-state index in [-0.39, 0.29) is 22.9 Å². The fourth-order valence-corrected chi connectivity index (χ4v) is 2.02. The lowest BCUT2D eigenvalue weighted by atomic mass is 9.84. The molecule has 0 aliphatic carbocycles. The van der Waals surface area contributed by atoms with Gasteiger partial charge in [-0.25, -0.2) is 0 Å². The Hall–Kier alpha value is -1.62. The SMILES string of the molecule is Cn1cccc(C(=O)N2CC(C(C)(C)O)C2)c1=O. The van der Waals surface area contributed by atoms with Crippen LogP contribution in [0.1, 0.15) is 24.2 Å². The van der Waals surface area contributed by atoms with Crippen LogP contribution < -0.4 is 5.56 Å². The van der Waals surface area contributed by atoms with Gasteiger partial charge in [-0.2, -0.15) is 0 Å². The zero-order valence-corrected chi connectivity index (χ0v) is 10.9. The normalized spacial score (nSPS) is 16.6. The Kier molecular flexibility index (Phi) is 3.02. The van der Waals surface area contributed by atoms with Gasteiger partial charge in [-0.15, -0.1) is 0 Å². The molecule has 0 spiro atoms. The fourth-order valence-electron chi connectivity index (χ4n) is 2.02. The highest BCUT2D eigenvalue weighted by Gasteiger charge is 2.40.